The molecule has 0 atom stereocenters. The second-order valence-electron chi connectivity index (χ2n) is 14.1. The number of thiophene rings is 1. The molecular weight excluding hydrogens is 701 g/mol. The summed E-state index contributed by atoms with van der Waals surface area (Å²) >= 11 is 1.86. The van der Waals surface area contributed by atoms with Crippen molar-refractivity contribution in [3.8, 4) is 62.1 Å². The molecule has 56 heavy (non-hydrogen) atoms. The van der Waals surface area contributed by atoms with Gasteiger partial charge in [-0.2, -0.15) is 0 Å². The first-order valence-electron chi connectivity index (χ1n) is 18.8. The summed E-state index contributed by atoms with van der Waals surface area (Å²) in [5.74, 6) is 1.87. The molecule has 0 saturated carbocycles. The average Bonchev–Trinajstić information content (AvgIpc) is 3.81. The molecule has 5 heteroatoms. The van der Waals surface area contributed by atoms with Crippen LogP contribution in [0.1, 0.15) is 0 Å². The van der Waals surface area contributed by atoms with Crippen molar-refractivity contribution in [2.45, 2.75) is 0 Å². The molecule has 11 rings (SSSR count). The Hall–Kier alpha value is -7.21. The molecule has 0 fully saturated rings. The number of hydrogen-bond acceptors (Lipinski definition) is 4. The van der Waals surface area contributed by atoms with Gasteiger partial charge < -0.3 is 4.57 Å². The summed E-state index contributed by atoms with van der Waals surface area (Å²) in [4.78, 5) is 15.5. The van der Waals surface area contributed by atoms with Gasteiger partial charge in [0.25, 0.3) is 0 Å². The van der Waals surface area contributed by atoms with Crippen LogP contribution < -0.4 is 0 Å². The number of para-hydroxylation sites is 1. The third-order valence-corrected chi connectivity index (χ3v) is 11.7. The highest BCUT2D eigenvalue weighted by Crippen LogP contribution is 2.42. The van der Waals surface area contributed by atoms with E-state index in [4.69, 9.17) is 15.0 Å². The molecule has 0 aliphatic heterocycles. The highest BCUT2D eigenvalue weighted by Gasteiger charge is 2.19. The molecule has 4 nitrogen and oxygen atoms in total. The Kier molecular flexibility index (Phi) is 7.64. The highest BCUT2D eigenvalue weighted by atomic mass is 32.1. The number of fused-ring (bicyclic) bond motifs is 6. The van der Waals surface area contributed by atoms with Gasteiger partial charge in [0.15, 0.2) is 17.5 Å². The van der Waals surface area contributed by atoms with Gasteiger partial charge in [-0.3, -0.25) is 0 Å². The number of rotatable bonds is 6. The second kappa shape index (κ2) is 13.3. The lowest BCUT2D eigenvalue weighted by Crippen LogP contribution is -2.02. The van der Waals surface area contributed by atoms with Crippen LogP contribution in [0, 0.1) is 0 Å². The quantitative estimate of drug-likeness (QED) is 0.171. The maximum Gasteiger partial charge on any atom is 0.164 e. The van der Waals surface area contributed by atoms with E-state index in [1.54, 1.807) is 0 Å². The van der Waals surface area contributed by atoms with Crippen LogP contribution in [0.4, 0.5) is 0 Å². The Balaban J connectivity index is 1.17. The van der Waals surface area contributed by atoms with E-state index in [2.05, 4.69) is 174 Å². The Morgan fingerprint density at radius 3 is 1.59 bits per heavy atom. The monoisotopic (exact) mass is 732 g/mol. The van der Waals surface area contributed by atoms with Gasteiger partial charge in [-0.1, -0.05) is 146 Å². The van der Waals surface area contributed by atoms with Gasteiger partial charge in [-0.25, -0.2) is 15.0 Å². The summed E-state index contributed by atoms with van der Waals surface area (Å²) in [6.07, 6.45) is 0. The van der Waals surface area contributed by atoms with E-state index in [0.717, 1.165) is 55.7 Å². The van der Waals surface area contributed by atoms with Crippen molar-refractivity contribution in [1.29, 1.82) is 0 Å². The van der Waals surface area contributed by atoms with Gasteiger partial charge in [0.05, 0.1) is 11.0 Å². The zero-order chi connectivity index (χ0) is 37.0. The van der Waals surface area contributed by atoms with Crippen LogP contribution in [0.15, 0.2) is 194 Å². The normalized spacial score (nSPS) is 11.6. The molecule has 8 aromatic carbocycles. The first-order chi connectivity index (χ1) is 27.7. The lowest BCUT2D eigenvalue weighted by atomic mass is 10.0. The van der Waals surface area contributed by atoms with E-state index in [9.17, 15) is 0 Å². The van der Waals surface area contributed by atoms with Crippen LogP contribution in [-0.4, -0.2) is 19.5 Å². The van der Waals surface area contributed by atoms with Gasteiger partial charge in [-0.15, -0.1) is 11.3 Å². The third-order valence-electron chi connectivity index (χ3n) is 10.6. The first kappa shape index (κ1) is 32.2. The van der Waals surface area contributed by atoms with Crippen molar-refractivity contribution in [2.75, 3.05) is 0 Å². The molecular formula is C51H32N4S. The number of benzene rings is 8. The summed E-state index contributed by atoms with van der Waals surface area (Å²) in [5.41, 5.74) is 10.6. The molecule has 0 N–H and O–H groups in total. The number of nitrogens with zero attached hydrogens (tertiary/aromatic N) is 4. The maximum atomic E-state index is 5.25. The minimum absolute atomic E-state index is 0.616. The molecule has 0 amide bonds. The van der Waals surface area contributed by atoms with Crippen molar-refractivity contribution >= 4 is 53.3 Å². The largest absolute Gasteiger partial charge is 0.309 e. The van der Waals surface area contributed by atoms with Crippen LogP contribution in [0.5, 0.6) is 0 Å². The summed E-state index contributed by atoms with van der Waals surface area (Å²) in [7, 11) is 0. The molecule has 11 aromatic rings. The Labute approximate surface area is 327 Å². The van der Waals surface area contributed by atoms with E-state index in [1.807, 2.05) is 35.6 Å². The Morgan fingerprint density at radius 1 is 0.304 bits per heavy atom. The smallest absolute Gasteiger partial charge is 0.164 e. The predicted molar refractivity (Wildman–Crippen MR) is 234 cm³/mol. The lowest BCUT2D eigenvalue weighted by molar-refractivity contribution is 1.07. The maximum absolute atomic E-state index is 5.25. The standard InChI is InChI=1S/C51H32N4S/c1-4-15-33(16-5-1)36-21-14-22-37(27-36)50-52-49(35-19-8-3-9-20-35)53-51(54-50)39-28-38(34-17-6-2-7-18-34)29-40(30-39)55-45-25-12-10-23-41(45)43-32-48-44(31-46(43)55)42-24-11-13-26-47(42)56-48/h1-32H. The second-order valence-corrected chi connectivity index (χ2v) is 15.2. The van der Waals surface area contributed by atoms with E-state index >= 15 is 0 Å². The van der Waals surface area contributed by atoms with Gasteiger partial charge in [-0.05, 0) is 70.8 Å². The minimum atomic E-state index is 0.616. The fourth-order valence-electron chi connectivity index (χ4n) is 7.95. The van der Waals surface area contributed by atoms with Crippen molar-refractivity contribution in [3.05, 3.63) is 194 Å². The van der Waals surface area contributed by atoms with E-state index in [0.29, 0.717) is 17.5 Å². The molecule has 262 valence electrons. The molecule has 3 heterocycles. The van der Waals surface area contributed by atoms with E-state index in [-0.39, 0.29) is 0 Å². The van der Waals surface area contributed by atoms with E-state index in [1.165, 1.54) is 30.9 Å². The van der Waals surface area contributed by atoms with E-state index < -0.39 is 0 Å². The summed E-state index contributed by atoms with van der Waals surface area (Å²) in [5, 5.41) is 5.01. The van der Waals surface area contributed by atoms with Gasteiger partial charge in [0, 0.05) is 53.3 Å². The molecule has 0 aliphatic rings. The first-order valence-corrected chi connectivity index (χ1v) is 19.6. The topological polar surface area (TPSA) is 43.6 Å². The average molecular weight is 733 g/mol. The molecule has 0 unspecified atom stereocenters. The van der Waals surface area contributed by atoms with Crippen LogP contribution in [0.2, 0.25) is 0 Å². The van der Waals surface area contributed by atoms with Gasteiger partial charge in [0.2, 0.25) is 0 Å². The zero-order valence-corrected chi connectivity index (χ0v) is 31.0. The number of aromatic nitrogens is 4. The van der Waals surface area contributed by atoms with Crippen molar-refractivity contribution in [1.82, 2.24) is 19.5 Å². The molecule has 0 bridgehead atoms. The van der Waals surface area contributed by atoms with Crippen molar-refractivity contribution in [2.24, 2.45) is 0 Å². The third kappa shape index (κ3) is 5.56. The highest BCUT2D eigenvalue weighted by molar-refractivity contribution is 7.25. The zero-order valence-electron chi connectivity index (χ0n) is 30.2. The SMILES string of the molecule is c1ccc(-c2cccc(-c3nc(-c4ccccc4)nc(-c4cc(-c5ccccc5)cc(-n5c6ccccc6c6cc7sc8ccccc8c7cc65)c4)n3)c2)cc1. The molecule has 3 aromatic heterocycles. The fraction of sp³-hybridized carbons (Fsp3) is 0. The summed E-state index contributed by atoms with van der Waals surface area (Å²) in [6, 6.07) is 68.6. The Morgan fingerprint density at radius 2 is 0.839 bits per heavy atom. The summed E-state index contributed by atoms with van der Waals surface area (Å²) < 4.78 is 5.01. The molecule has 0 radical (unpaired) electrons. The van der Waals surface area contributed by atoms with Crippen LogP contribution in [0.25, 0.3) is 104 Å². The van der Waals surface area contributed by atoms with Crippen LogP contribution in [0.3, 0.4) is 0 Å². The predicted octanol–water partition coefficient (Wildman–Crippen LogP) is 13.7. The molecule has 0 spiro atoms. The van der Waals surface area contributed by atoms with Crippen molar-refractivity contribution in [3.63, 3.8) is 0 Å². The summed E-state index contributed by atoms with van der Waals surface area (Å²) in [6.45, 7) is 0. The fourth-order valence-corrected chi connectivity index (χ4v) is 9.08. The van der Waals surface area contributed by atoms with Gasteiger partial charge >= 0.3 is 0 Å². The molecule has 0 saturated heterocycles. The lowest BCUT2D eigenvalue weighted by Gasteiger charge is -2.14. The minimum Gasteiger partial charge on any atom is -0.309 e. The van der Waals surface area contributed by atoms with Crippen molar-refractivity contribution < 1.29 is 0 Å². The Bertz CT molecular complexity index is 3240. The van der Waals surface area contributed by atoms with Crippen LogP contribution >= 0.6 is 11.3 Å². The molecule has 0 aliphatic carbocycles. The number of hydrogen-bond donors (Lipinski definition) is 0. The van der Waals surface area contributed by atoms with Crippen LogP contribution in [-0.2, 0) is 0 Å². The van der Waals surface area contributed by atoms with Gasteiger partial charge in [0.1, 0.15) is 0 Å².